The van der Waals surface area contributed by atoms with E-state index in [0.717, 1.165) is 31.3 Å². The summed E-state index contributed by atoms with van der Waals surface area (Å²) in [5.41, 5.74) is 15.4. The highest BCUT2D eigenvalue weighted by Gasteiger charge is 2.40. The average Bonchev–Trinajstić information content (AvgIpc) is 3.13. The summed E-state index contributed by atoms with van der Waals surface area (Å²) in [4.78, 5) is 0. The van der Waals surface area contributed by atoms with Gasteiger partial charge in [0.25, 0.3) is 0 Å². The van der Waals surface area contributed by atoms with Crippen LogP contribution in [0.4, 0.5) is 0 Å². The van der Waals surface area contributed by atoms with Crippen LogP contribution in [0.5, 0.6) is 0 Å². The highest BCUT2D eigenvalue weighted by atomic mass is 14.4. The molecule has 0 aromatic heterocycles. The zero-order valence-corrected chi connectivity index (χ0v) is 22.6. The van der Waals surface area contributed by atoms with Crippen LogP contribution in [-0.4, -0.2) is 0 Å². The van der Waals surface area contributed by atoms with Crippen molar-refractivity contribution in [1.82, 2.24) is 0 Å². The van der Waals surface area contributed by atoms with Gasteiger partial charge < -0.3 is 0 Å². The highest BCUT2D eigenvalue weighted by Crippen LogP contribution is 2.55. The number of hydrogen-bond acceptors (Lipinski definition) is 0. The van der Waals surface area contributed by atoms with Gasteiger partial charge >= 0.3 is 0 Å². The molecule has 0 aliphatic heterocycles. The van der Waals surface area contributed by atoms with Crippen LogP contribution in [0.1, 0.15) is 75.1 Å². The zero-order chi connectivity index (χ0) is 26.0. The molecule has 0 spiro atoms. The minimum atomic E-state index is 0.253. The van der Waals surface area contributed by atoms with Crippen molar-refractivity contribution < 1.29 is 0 Å². The van der Waals surface area contributed by atoms with Crippen molar-refractivity contribution in [2.45, 2.75) is 59.3 Å². The fourth-order valence-electron chi connectivity index (χ4n) is 5.92. The lowest BCUT2D eigenvalue weighted by atomic mass is 9.69. The van der Waals surface area contributed by atoms with Crippen LogP contribution >= 0.6 is 0 Å². The summed E-state index contributed by atoms with van der Waals surface area (Å²) in [6, 6.07) is 17.8. The number of hydrogen-bond donors (Lipinski definition) is 0. The molecule has 0 bridgehead atoms. The Bertz CT molecular complexity index is 1320. The first-order valence-electron chi connectivity index (χ1n) is 13.2. The van der Waals surface area contributed by atoms with Crippen LogP contribution in [0.25, 0.3) is 11.6 Å². The van der Waals surface area contributed by atoms with Crippen molar-refractivity contribution in [2.24, 2.45) is 5.92 Å². The summed E-state index contributed by atoms with van der Waals surface area (Å²) < 4.78 is 0. The van der Waals surface area contributed by atoms with Gasteiger partial charge in [-0.15, -0.1) is 0 Å². The number of benzene rings is 2. The lowest BCUT2D eigenvalue weighted by molar-refractivity contribution is 0.619. The lowest BCUT2D eigenvalue weighted by Crippen LogP contribution is -2.21. The van der Waals surface area contributed by atoms with Gasteiger partial charge in [-0.1, -0.05) is 117 Å². The van der Waals surface area contributed by atoms with Gasteiger partial charge in [-0.05, 0) is 90.6 Å². The maximum atomic E-state index is 4.68. The summed E-state index contributed by atoms with van der Waals surface area (Å²) >= 11 is 0. The van der Waals surface area contributed by atoms with Crippen LogP contribution in [0.15, 0.2) is 120 Å². The van der Waals surface area contributed by atoms with Crippen molar-refractivity contribution in [3.63, 3.8) is 0 Å². The monoisotopic (exact) mass is 472 g/mol. The van der Waals surface area contributed by atoms with E-state index in [2.05, 4.69) is 115 Å². The van der Waals surface area contributed by atoms with Gasteiger partial charge in [0.1, 0.15) is 0 Å². The molecule has 1 saturated carbocycles. The summed E-state index contributed by atoms with van der Waals surface area (Å²) in [5, 5.41) is 0. The Morgan fingerprint density at radius 2 is 1.72 bits per heavy atom. The van der Waals surface area contributed by atoms with E-state index in [4.69, 9.17) is 0 Å². The van der Waals surface area contributed by atoms with Gasteiger partial charge in [0.15, 0.2) is 0 Å². The van der Waals surface area contributed by atoms with E-state index in [0.29, 0.717) is 0 Å². The van der Waals surface area contributed by atoms with E-state index < -0.39 is 0 Å². The van der Waals surface area contributed by atoms with Crippen molar-refractivity contribution in [2.75, 3.05) is 0 Å². The van der Waals surface area contributed by atoms with Crippen molar-refractivity contribution in [3.8, 4) is 0 Å². The Labute approximate surface area is 218 Å². The summed E-state index contributed by atoms with van der Waals surface area (Å²) in [7, 11) is 0. The SMILES string of the molecule is C=C(C)Cc1ccc(C2C(C(=C)CCC)=C(C)C=C3C/C(=C\c4cccc(C(=C)C)c4)C(=C)C32)cc1. The fourth-order valence-corrected chi connectivity index (χ4v) is 5.92. The molecular formula is C36H40. The van der Waals surface area contributed by atoms with Gasteiger partial charge in [-0.2, -0.15) is 0 Å². The third-order valence-corrected chi connectivity index (χ3v) is 7.55. The second-order valence-electron chi connectivity index (χ2n) is 10.8. The molecule has 2 aliphatic carbocycles. The molecular weight excluding hydrogens is 432 g/mol. The molecule has 0 saturated heterocycles. The molecule has 0 heterocycles. The predicted octanol–water partition coefficient (Wildman–Crippen LogP) is 10.2. The molecule has 2 aliphatic rings. The largest absolute Gasteiger partial charge is 0.0998 e. The van der Waals surface area contributed by atoms with E-state index in [9.17, 15) is 0 Å². The maximum Gasteiger partial charge on any atom is 0.0201 e. The number of allylic oxidation sites excluding steroid dienone is 9. The van der Waals surface area contributed by atoms with Gasteiger partial charge in [-0.25, -0.2) is 0 Å². The molecule has 0 radical (unpaired) electrons. The average molecular weight is 473 g/mol. The first-order valence-corrected chi connectivity index (χ1v) is 13.2. The molecule has 0 nitrogen and oxygen atoms in total. The molecule has 2 aromatic carbocycles. The Kier molecular flexibility index (Phi) is 7.65. The van der Waals surface area contributed by atoms with Crippen molar-refractivity contribution >= 4 is 11.6 Å². The smallest absolute Gasteiger partial charge is 0.0201 e. The Morgan fingerprint density at radius 3 is 2.36 bits per heavy atom. The fraction of sp³-hybridized carbons (Fsp3) is 0.278. The van der Waals surface area contributed by atoms with Gasteiger partial charge in [0.2, 0.25) is 0 Å². The van der Waals surface area contributed by atoms with Gasteiger partial charge in [-0.3, -0.25) is 0 Å². The number of fused-ring (bicyclic) bond motifs is 1. The first-order chi connectivity index (χ1) is 17.2. The Hall–Kier alpha value is -3.38. The highest BCUT2D eigenvalue weighted by molar-refractivity contribution is 5.70. The molecule has 0 amide bonds. The van der Waals surface area contributed by atoms with E-state index >= 15 is 0 Å². The van der Waals surface area contributed by atoms with Crippen LogP contribution in [-0.2, 0) is 6.42 Å². The van der Waals surface area contributed by atoms with E-state index in [1.54, 1.807) is 0 Å². The first kappa shape index (κ1) is 25.7. The van der Waals surface area contributed by atoms with E-state index in [1.165, 1.54) is 61.3 Å². The molecule has 36 heavy (non-hydrogen) atoms. The quantitative estimate of drug-likeness (QED) is 0.335. The zero-order valence-electron chi connectivity index (χ0n) is 22.6. The lowest BCUT2D eigenvalue weighted by Gasteiger charge is -2.34. The summed E-state index contributed by atoms with van der Waals surface area (Å²) in [6.07, 6.45) is 8.75. The molecule has 0 N–H and O–H groups in total. The maximum absolute atomic E-state index is 4.68. The van der Waals surface area contributed by atoms with Gasteiger partial charge in [0, 0.05) is 11.8 Å². The van der Waals surface area contributed by atoms with Gasteiger partial charge in [0.05, 0.1) is 0 Å². The van der Waals surface area contributed by atoms with Crippen LogP contribution in [0, 0.1) is 5.92 Å². The summed E-state index contributed by atoms with van der Waals surface area (Å²) in [6.45, 7) is 26.1. The third kappa shape index (κ3) is 5.24. The van der Waals surface area contributed by atoms with Crippen molar-refractivity contribution in [3.05, 3.63) is 142 Å². The van der Waals surface area contributed by atoms with Crippen molar-refractivity contribution in [1.29, 1.82) is 0 Å². The normalized spacial score (nSPS) is 20.4. The molecule has 2 unspecified atom stereocenters. The minimum Gasteiger partial charge on any atom is -0.0998 e. The topological polar surface area (TPSA) is 0 Å². The molecule has 184 valence electrons. The number of rotatable bonds is 8. The second-order valence-corrected chi connectivity index (χ2v) is 10.8. The Balaban J connectivity index is 1.76. The molecule has 2 aromatic rings. The van der Waals surface area contributed by atoms with Crippen LogP contribution < -0.4 is 0 Å². The Morgan fingerprint density at radius 1 is 1.00 bits per heavy atom. The predicted molar refractivity (Wildman–Crippen MR) is 159 cm³/mol. The minimum absolute atomic E-state index is 0.253. The standard InChI is InChI=1S/C36H40/c1-9-11-25(6)34-26(7)19-33-22-32(21-29-12-10-13-31(20-29)24(4)5)27(8)35(33)36(34)30-16-14-28(15-17-30)18-23(2)3/h10,12-17,19-21,35-36H,2,4,6,8-9,11,18,22H2,1,3,5,7H3/b32-21+. The molecule has 2 atom stereocenters. The van der Waals surface area contributed by atoms with Crippen LogP contribution in [0.2, 0.25) is 0 Å². The van der Waals surface area contributed by atoms with E-state index in [-0.39, 0.29) is 11.8 Å². The van der Waals surface area contributed by atoms with E-state index in [1.807, 2.05) is 0 Å². The molecule has 0 heteroatoms. The van der Waals surface area contributed by atoms with Crippen LogP contribution in [0.3, 0.4) is 0 Å². The third-order valence-electron chi connectivity index (χ3n) is 7.55. The molecule has 4 rings (SSSR count). The summed E-state index contributed by atoms with van der Waals surface area (Å²) in [5.74, 6) is 0.531. The second kappa shape index (κ2) is 10.7. The molecule has 1 fully saturated rings.